The predicted octanol–water partition coefficient (Wildman–Crippen LogP) is 2.92. The van der Waals surface area contributed by atoms with Crippen LogP contribution in [0.2, 0.25) is 10.0 Å². The van der Waals surface area contributed by atoms with Crippen LogP contribution in [0.1, 0.15) is 26.2 Å². The maximum atomic E-state index is 12.1. The Morgan fingerprint density at radius 3 is 2.55 bits per heavy atom. The third-order valence-corrected chi connectivity index (χ3v) is 4.91. The SMILES string of the molecule is CC(CCCC(=O)O)NS(=O)(=O)c1ccc(Cl)c(Cl)c1. The molecule has 5 nitrogen and oxygen atoms in total. The molecule has 2 N–H and O–H groups in total. The number of rotatable bonds is 7. The first-order valence-electron chi connectivity index (χ1n) is 5.91. The lowest BCUT2D eigenvalue weighted by Crippen LogP contribution is -2.32. The van der Waals surface area contributed by atoms with Crippen LogP contribution in [0, 0.1) is 0 Å². The Hall–Kier alpha value is -0.820. The van der Waals surface area contributed by atoms with Gasteiger partial charge in [0.15, 0.2) is 0 Å². The average Bonchev–Trinajstić information content (AvgIpc) is 2.31. The molecule has 0 saturated heterocycles. The Bertz CT molecular complexity index is 589. The van der Waals surface area contributed by atoms with Crippen LogP contribution in [0.3, 0.4) is 0 Å². The number of hydrogen-bond donors (Lipinski definition) is 2. The molecule has 0 radical (unpaired) electrons. The molecule has 0 aromatic heterocycles. The number of carboxylic acids is 1. The third-order valence-electron chi connectivity index (χ3n) is 2.59. The molecule has 8 heteroatoms. The lowest BCUT2D eigenvalue weighted by molar-refractivity contribution is -0.137. The molecule has 0 aliphatic heterocycles. The molecule has 1 aromatic rings. The number of sulfonamides is 1. The summed E-state index contributed by atoms with van der Waals surface area (Å²) in [6.07, 6.45) is 0.853. The highest BCUT2D eigenvalue weighted by Gasteiger charge is 2.18. The fourth-order valence-corrected chi connectivity index (χ4v) is 3.26. The maximum Gasteiger partial charge on any atom is 0.303 e. The second kappa shape index (κ2) is 7.26. The fourth-order valence-electron chi connectivity index (χ4n) is 1.60. The lowest BCUT2D eigenvalue weighted by atomic mass is 10.1. The van der Waals surface area contributed by atoms with Crippen LogP contribution < -0.4 is 4.72 Å². The van der Waals surface area contributed by atoms with E-state index in [-0.39, 0.29) is 27.4 Å². The summed E-state index contributed by atoms with van der Waals surface area (Å²) in [5.41, 5.74) is 0. The smallest absolute Gasteiger partial charge is 0.303 e. The molecule has 1 rings (SSSR count). The monoisotopic (exact) mass is 339 g/mol. The highest BCUT2D eigenvalue weighted by molar-refractivity contribution is 7.89. The second-order valence-electron chi connectivity index (χ2n) is 4.38. The van der Waals surface area contributed by atoms with Gasteiger partial charge in [-0.15, -0.1) is 0 Å². The van der Waals surface area contributed by atoms with Crippen molar-refractivity contribution in [3.05, 3.63) is 28.2 Å². The lowest BCUT2D eigenvalue weighted by Gasteiger charge is -2.14. The van der Waals surface area contributed by atoms with Crippen molar-refractivity contribution in [3.63, 3.8) is 0 Å². The summed E-state index contributed by atoms with van der Waals surface area (Å²) in [5, 5.41) is 8.97. The summed E-state index contributed by atoms with van der Waals surface area (Å²) in [5.74, 6) is -0.899. The molecule has 1 aromatic carbocycles. The minimum absolute atomic E-state index is 0.0127. The molecule has 0 heterocycles. The van der Waals surface area contributed by atoms with E-state index in [4.69, 9.17) is 28.3 Å². The molecule has 1 atom stereocenters. The molecule has 112 valence electrons. The van der Waals surface area contributed by atoms with Gasteiger partial charge in [0.2, 0.25) is 10.0 Å². The van der Waals surface area contributed by atoms with E-state index in [1.165, 1.54) is 18.2 Å². The summed E-state index contributed by atoms with van der Waals surface area (Å²) in [7, 11) is -3.69. The van der Waals surface area contributed by atoms with Crippen LogP contribution in [0.15, 0.2) is 23.1 Å². The van der Waals surface area contributed by atoms with Crippen molar-refractivity contribution in [2.45, 2.75) is 37.1 Å². The molecule has 0 aliphatic rings. The van der Waals surface area contributed by atoms with Crippen molar-refractivity contribution in [3.8, 4) is 0 Å². The molecule has 0 amide bonds. The van der Waals surface area contributed by atoms with Gasteiger partial charge in [0.25, 0.3) is 0 Å². The minimum atomic E-state index is -3.69. The van der Waals surface area contributed by atoms with Crippen molar-refractivity contribution < 1.29 is 18.3 Å². The summed E-state index contributed by atoms with van der Waals surface area (Å²) in [6.45, 7) is 1.68. The molecule has 0 bridgehead atoms. The van der Waals surface area contributed by atoms with Crippen LogP contribution in [0.5, 0.6) is 0 Å². The molecule has 0 fully saturated rings. The Morgan fingerprint density at radius 1 is 1.35 bits per heavy atom. The van der Waals surface area contributed by atoms with E-state index >= 15 is 0 Å². The van der Waals surface area contributed by atoms with Crippen LogP contribution in [-0.4, -0.2) is 25.5 Å². The van der Waals surface area contributed by atoms with E-state index in [1.807, 2.05) is 0 Å². The van der Waals surface area contributed by atoms with Gasteiger partial charge in [-0.25, -0.2) is 13.1 Å². The highest BCUT2D eigenvalue weighted by atomic mass is 35.5. The molecule has 0 spiro atoms. The zero-order chi connectivity index (χ0) is 15.3. The Labute approximate surface area is 127 Å². The number of aliphatic carboxylic acids is 1. The van der Waals surface area contributed by atoms with Crippen LogP contribution >= 0.6 is 23.2 Å². The maximum absolute atomic E-state index is 12.1. The summed E-state index contributed by atoms with van der Waals surface area (Å²) >= 11 is 11.5. The summed E-state index contributed by atoms with van der Waals surface area (Å²) in [4.78, 5) is 10.4. The van der Waals surface area contributed by atoms with E-state index in [1.54, 1.807) is 6.92 Å². The normalized spacial score (nSPS) is 13.2. The minimum Gasteiger partial charge on any atom is -0.481 e. The number of hydrogen-bond acceptors (Lipinski definition) is 3. The van der Waals surface area contributed by atoms with E-state index < -0.39 is 16.0 Å². The van der Waals surface area contributed by atoms with E-state index in [9.17, 15) is 13.2 Å². The molecular formula is C12H15Cl2NO4S. The van der Waals surface area contributed by atoms with Crippen molar-refractivity contribution in [2.24, 2.45) is 0 Å². The quantitative estimate of drug-likeness (QED) is 0.799. The van der Waals surface area contributed by atoms with Gasteiger partial charge in [-0.05, 0) is 38.0 Å². The van der Waals surface area contributed by atoms with Gasteiger partial charge in [-0.1, -0.05) is 23.2 Å². The van der Waals surface area contributed by atoms with Crippen molar-refractivity contribution in [1.29, 1.82) is 0 Å². The second-order valence-corrected chi connectivity index (χ2v) is 6.91. The van der Waals surface area contributed by atoms with E-state index in [0.29, 0.717) is 12.8 Å². The van der Waals surface area contributed by atoms with Crippen molar-refractivity contribution in [1.82, 2.24) is 4.72 Å². The molecule has 0 aliphatic carbocycles. The number of carbonyl (C=O) groups is 1. The summed E-state index contributed by atoms with van der Waals surface area (Å²) in [6, 6.07) is 3.68. The number of halogens is 2. The molecular weight excluding hydrogens is 325 g/mol. The standard InChI is InChI=1S/C12H15Cl2NO4S/c1-8(3-2-4-12(16)17)15-20(18,19)9-5-6-10(13)11(14)7-9/h5-8,15H,2-4H2,1H3,(H,16,17). The first kappa shape index (κ1) is 17.2. The largest absolute Gasteiger partial charge is 0.481 e. The highest BCUT2D eigenvalue weighted by Crippen LogP contribution is 2.24. The third kappa shape index (κ3) is 5.28. The Morgan fingerprint density at radius 2 is 2.00 bits per heavy atom. The van der Waals surface area contributed by atoms with Crippen LogP contribution in [-0.2, 0) is 14.8 Å². The average molecular weight is 340 g/mol. The predicted molar refractivity (Wildman–Crippen MR) is 77.7 cm³/mol. The van der Waals surface area contributed by atoms with Gasteiger partial charge in [0, 0.05) is 12.5 Å². The van der Waals surface area contributed by atoms with Crippen LogP contribution in [0.25, 0.3) is 0 Å². The fraction of sp³-hybridized carbons (Fsp3) is 0.417. The zero-order valence-electron chi connectivity index (χ0n) is 10.8. The van der Waals surface area contributed by atoms with Crippen LogP contribution in [0.4, 0.5) is 0 Å². The van der Waals surface area contributed by atoms with Crippen molar-refractivity contribution in [2.75, 3.05) is 0 Å². The topological polar surface area (TPSA) is 83.5 Å². The number of benzene rings is 1. The Kier molecular flexibility index (Phi) is 6.26. The van der Waals surface area contributed by atoms with Gasteiger partial charge in [-0.3, -0.25) is 4.79 Å². The van der Waals surface area contributed by atoms with E-state index in [0.717, 1.165) is 0 Å². The van der Waals surface area contributed by atoms with Gasteiger partial charge in [0.1, 0.15) is 0 Å². The zero-order valence-corrected chi connectivity index (χ0v) is 13.1. The molecule has 1 unspecified atom stereocenters. The van der Waals surface area contributed by atoms with Crippen molar-refractivity contribution >= 4 is 39.2 Å². The molecule has 20 heavy (non-hydrogen) atoms. The van der Waals surface area contributed by atoms with Gasteiger partial charge >= 0.3 is 5.97 Å². The van der Waals surface area contributed by atoms with Gasteiger partial charge in [-0.2, -0.15) is 0 Å². The first-order chi connectivity index (χ1) is 9.22. The van der Waals surface area contributed by atoms with Gasteiger partial charge in [0.05, 0.1) is 14.9 Å². The first-order valence-corrected chi connectivity index (χ1v) is 8.15. The summed E-state index contributed by atoms with van der Waals surface area (Å²) < 4.78 is 26.6. The Balaban J connectivity index is 2.69. The number of nitrogens with one attached hydrogen (secondary N) is 1. The molecule has 0 saturated carbocycles. The van der Waals surface area contributed by atoms with E-state index in [2.05, 4.69) is 4.72 Å². The van der Waals surface area contributed by atoms with Gasteiger partial charge < -0.3 is 5.11 Å². The number of carboxylic acid groups (broad SMARTS) is 1.